The molecule has 29 heavy (non-hydrogen) atoms. The first-order valence-electron chi connectivity index (χ1n) is 8.68. The first-order valence-corrected chi connectivity index (χ1v) is 11.2. The van der Waals surface area contributed by atoms with E-state index in [2.05, 4.69) is 19.9 Å². The topological polar surface area (TPSA) is 171 Å². The van der Waals surface area contributed by atoms with E-state index in [9.17, 15) is 0 Å². The lowest BCUT2D eigenvalue weighted by Crippen LogP contribution is -2.52. The number of hydrogen-bond acceptors (Lipinski definition) is 11. The number of thiazole rings is 1. The predicted molar refractivity (Wildman–Crippen MR) is 123 cm³/mol. The number of benzene rings is 2. The lowest BCUT2D eigenvalue weighted by atomic mass is 9.98. The van der Waals surface area contributed by atoms with Crippen molar-refractivity contribution in [1.29, 1.82) is 0 Å². The molecular weight excluding hydrogens is 426 g/mol. The number of nitrogens with two attached hydrogens (primary N) is 5. The molecule has 1 aliphatic rings. The van der Waals surface area contributed by atoms with Crippen molar-refractivity contribution in [3.63, 3.8) is 0 Å². The molecule has 2 aromatic carbocycles. The van der Waals surface area contributed by atoms with Crippen molar-refractivity contribution in [3.8, 4) is 11.1 Å². The Bertz CT molecular complexity index is 1080. The van der Waals surface area contributed by atoms with E-state index < -0.39 is 0 Å². The monoisotopic (exact) mass is 447 g/mol. The van der Waals surface area contributed by atoms with Gasteiger partial charge in [0, 0.05) is 40.0 Å². The molecule has 2 heterocycles. The zero-order valence-electron chi connectivity index (χ0n) is 15.3. The summed E-state index contributed by atoms with van der Waals surface area (Å²) < 4.78 is 3.17. The van der Waals surface area contributed by atoms with E-state index in [0.29, 0.717) is 10.7 Å². The van der Waals surface area contributed by atoms with Gasteiger partial charge in [-0.15, -0.1) is 5.10 Å². The van der Waals surface area contributed by atoms with Crippen LogP contribution in [0.5, 0.6) is 0 Å². The first-order chi connectivity index (χ1) is 14.0. The minimum atomic E-state index is 0.205. The Morgan fingerprint density at radius 1 is 1.24 bits per heavy atom. The SMILES string of the molecule is NN/N=C(\N)c1c(-c2cccc3sc(N)nc23)ccc(SN2CC(N)C2)c1SN. The smallest absolute Gasteiger partial charge is 0.181 e. The second-order valence-corrected chi connectivity index (χ2v) is 9.31. The fourth-order valence-electron chi connectivity index (χ4n) is 3.22. The van der Waals surface area contributed by atoms with Crippen LogP contribution in [0, 0.1) is 0 Å². The number of rotatable bonds is 6. The second kappa shape index (κ2) is 8.36. The van der Waals surface area contributed by atoms with Gasteiger partial charge in [-0.05, 0) is 41.6 Å². The number of nitrogens with zero attached hydrogens (tertiary/aromatic N) is 3. The molecule has 0 bridgehead atoms. The van der Waals surface area contributed by atoms with Crippen LogP contribution in [0.25, 0.3) is 21.3 Å². The van der Waals surface area contributed by atoms with Crippen LogP contribution < -0.4 is 33.7 Å². The molecule has 12 heteroatoms. The van der Waals surface area contributed by atoms with Crippen LogP contribution in [0.15, 0.2) is 45.2 Å². The Hall–Kier alpha value is -2.06. The molecule has 4 rings (SSSR count). The lowest BCUT2D eigenvalue weighted by Gasteiger charge is -2.35. The lowest BCUT2D eigenvalue weighted by molar-refractivity contribution is 0.292. The molecule has 11 N–H and O–H groups in total. The zero-order chi connectivity index (χ0) is 20.5. The van der Waals surface area contributed by atoms with Gasteiger partial charge < -0.3 is 17.2 Å². The largest absolute Gasteiger partial charge is 0.382 e. The summed E-state index contributed by atoms with van der Waals surface area (Å²) in [5.41, 5.74) is 23.7. The van der Waals surface area contributed by atoms with Gasteiger partial charge in [0.1, 0.15) is 0 Å². The molecule has 0 saturated carbocycles. The van der Waals surface area contributed by atoms with Crippen LogP contribution in [0.1, 0.15) is 5.56 Å². The van der Waals surface area contributed by atoms with Crippen LogP contribution in [0.3, 0.4) is 0 Å². The molecule has 0 aliphatic carbocycles. The highest BCUT2D eigenvalue weighted by atomic mass is 32.2. The van der Waals surface area contributed by atoms with Crippen molar-refractivity contribution in [3.05, 3.63) is 35.9 Å². The van der Waals surface area contributed by atoms with Crippen LogP contribution in [-0.2, 0) is 0 Å². The van der Waals surface area contributed by atoms with Gasteiger partial charge in [-0.3, -0.25) is 5.14 Å². The minimum Gasteiger partial charge on any atom is -0.382 e. The van der Waals surface area contributed by atoms with Crippen molar-refractivity contribution >= 4 is 56.4 Å². The van der Waals surface area contributed by atoms with Crippen molar-refractivity contribution in [2.24, 2.45) is 27.6 Å². The summed E-state index contributed by atoms with van der Waals surface area (Å²) in [4.78, 5) is 6.29. The number of nitrogens with one attached hydrogen (secondary N) is 1. The van der Waals surface area contributed by atoms with E-state index in [4.69, 9.17) is 28.2 Å². The summed E-state index contributed by atoms with van der Waals surface area (Å²) >= 11 is 4.16. The fourth-order valence-corrected chi connectivity index (χ4v) is 5.88. The van der Waals surface area contributed by atoms with Crippen molar-refractivity contribution in [1.82, 2.24) is 14.8 Å². The third-order valence-electron chi connectivity index (χ3n) is 4.51. The second-order valence-electron chi connectivity index (χ2n) is 6.46. The average molecular weight is 448 g/mol. The Labute approximate surface area is 180 Å². The molecule has 1 aliphatic heterocycles. The van der Waals surface area contributed by atoms with Crippen molar-refractivity contribution in [2.45, 2.75) is 15.8 Å². The van der Waals surface area contributed by atoms with Gasteiger partial charge in [0.15, 0.2) is 11.0 Å². The van der Waals surface area contributed by atoms with Crippen LogP contribution in [0.4, 0.5) is 5.13 Å². The number of anilines is 1. The van der Waals surface area contributed by atoms with E-state index in [-0.39, 0.29) is 11.9 Å². The Balaban J connectivity index is 1.90. The molecule has 0 atom stereocenters. The summed E-state index contributed by atoms with van der Waals surface area (Å²) in [6.45, 7) is 1.64. The summed E-state index contributed by atoms with van der Waals surface area (Å²) in [7, 11) is 0. The Morgan fingerprint density at radius 3 is 2.72 bits per heavy atom. The summed E-state index contributed by atoms with van der Waals surface area (Å²) in [6, 6.07) is 10.2. The van der Waals surface area contributed by atoms with Crippen LogP contribution in [0.2, 0.25) is 0 Å². The molecule has 0 spiro atoms. The maximum Gasteiger partial charge on any atom is 0.181 e. The van der Waals surface area contributed by atoms with Gasteiger partial charge >= 0.3 is 0 Å². The standard InChI is InChI=1S/C17H21N9S3/c18-8-6-26(7-8)29-12-5-4-9(13(15(12)28-22)16(19)24-25-21)10-2-1-3-11-14(10)23-17(20)27-11/h1-5,8,25H,6-7,18,21-22H2,(H2,19,24)(H2,20,23). The average Bonchev–Trinajstić information content (AvgIpc) is 3.06. The summed E-state index contributed by atoms with van der Waals surface area (Å²) in [5.74, 6) is 5.63. The predicted octanol–water partition coefficient (Wildman–Crippen LogP) is 1.24. The molecule has 0 amide bonds. The molecule has 152 valence electrons. The number of fused-ring (bicyclic) bond motifs is 1. The van der Waals surface area contributed by atoms with Crippen molar-refractivity contribution in [2.75, 3.05) is 18.8 Å². The number of hydrazone groups is 1. The third-order valence-corrected chi connectivity index (χ3v) is 7.24. The van der Waals surface area contributed by atoms with Gasteiger partial charge in [-0.25, -0.2) is 20.7 Å². The highest BCUT2D eigenvalue weighted by Crippen LogP contribution is 2.41. The minimum absolute atomic E-state index is 0.205. The van der Waals surface area contributed by atoms with Gasteiger partial charge in [-0.1, -0.05) is 29.5 Å². The number of hydrogen-bond donors (Lipinski definition) is 6. The quantitative estimate of drug-likeness (QED) is 0.106. The van der Waals surface area contributed by atoms with E-state index >= 15 is 0 Å². The van der Waals surface area contributed by atoms with E-state index in [1.807, 2.05) is 30.3 Å². The fraction of sp³-hybridized carbons (Fsp3) is 0.176. The van der Waals surface area contributed by atoms with Gasteiger partial charge in [0.05, 0.1) is 10.2 Å². The number of nitrogen functional groups attached to an aromatic ring is 1. The Morgan fingerprint density at radius 2 is 2.03 bits per heavy atom. The number of para-hydroxylation sites is 1. The van der Waals surface area contributed by atoms with E-state index in [1.54, 1.807) is 11.9 Å². The summed E-state index contributed by atoms with van der Waals surface area (Å²) in [5, 5.41) is 10.6. The normalized spacial score (nSPS) is 15.6. The Kier molecular flexibility index (Phi) is 5.83. The molecule has 0 radical (unpaired) electrons. The molecule has 1 fully saturated rings. The van der Waals surface area contributed by atoms with Crippen LogP contribution in [-0.4, -0.2) is 34.3 Å². The zero-order valence-corrected chi connectivity index (χ0v) is 17.8. The number of hydrazine groups is 1. The van der Waals surface area contributed by atoms with Gasteiger partial charge in [-0.2, -0.15) is 0 Å². The van der Waals surface area contributed by atoms with Gasteiger partial charge in [0.25, 0.3) is 0 Å². The number of amidine groups is 1. The maximum absolute atomic E-state index is 6.29. The molecule has 1 saturated heterocycles. The number of aromatic nitrogens is 1. The molecule has 1 aromatic heterocycles. The highest BCUT2D eigenvalue weighted by Gasteiger charge is 2.27. The van der Waals surface area contributed by atoms with Gasteiger partial charge in [0.2, 0.25) is 0 Å². The highest BCUT2D eigenvalue weighted by molar-refractivity contribution is 8.00. The molecule has 9 nitrogen and oxygen atoms in total. The molecule has 0 unspecified atom stereocenters. The third kappa shape index (κ3) is 3.88. The summed E-state index contributed by atoms with van der Waals surface area (Å²) in [6.07, 6.45) is 0. The molecular formula is C17H21N9S3. The maximum atomic E-state index is 6.29. The van der Waals surface area contributed by atoms with Crippen molar-refractivity contribution < 1.29 is 0 Å². The van der Waals surface area contributed by atoms with Crippen LogP contribution >= 0.6 is 35.2 Å². The first kappa shape index (κ1) is 20.2. The van der Waals surface area contributed by atoms with E-state index in [0.717, 1.165) is 56.2 Å². The van der Waals surface area contributed by atoms with E-state index in [1.165, 1.54) is 11.3 Å². The molecule has 3 aromatic rings.